The first-order valence-electron chi connectivity index (χ1n) is 10.0. The van der Waals surface area contributed by atoms with Crippen molar-refractivity contribution in [1.29, 1.82) is 0 Å². The van der Waals surface area contributed by atoms with E-state index in [1.807, 2.05) is 0 Å². The van der Waals surface area contributed by atoms with Crippen LogP contribution in [0.5, 0.6) is 0 Å². The number of piperidine rings is 1. The van der Waals surface area contributed by atoms with E-state index in [2.05, 4.69) is 61.2 Å². The summed E-state index contributed by atoms with van der Waals surface area (Å²) in [6, 6.07) is 15.0. The first-order chi connectivity index (χ1) is 12.6. The number of Topliss-reactive ketones (excluding diaryl/α,β-unsaturated/α-hetero) is 1. The monoisotopic (exact) mass is 347 g/mol. The third-order valence-electron chi connectivity index (χ3n) is 6.52. The molecule has 1 aliphatic heterocycles. The molecule has 0 amide bonds. The molecule has 2 aromatic rings. The molecule has 0 N–H and O–H groups in total. The highest BCUT2D eigenvalue weighted by molar-refractivity contribution is 6.05. The van der Waals surface area contributed by atoms with Crippen molar-refractivity contribution in [2.45, 2.75) is 57.9 Å². The smallest absolute Gasteiger partial charge is 0.183 e. The van der Waals surface area contributed by atoms with E-state index in [-0.39, 0.29) is 5.54 Å². The molecule has 4 rings (SSSR count). The van der Waals surface area contributed by atoms with Crippen LogP contribution in [0.15, 0.2) is 42.5 Å². The number of rotatable bonds is 3. The molecule has 1 atom stereocenters. The maximum absolute atomic E-state index is 13.6. The first kappa shape index (κ1) is 17.5. The zero-order valence-electron chi connectivity index (χ0n) is 16.1. The maximum atomic E-state index is 13.6. The van der Waals surface area contributed by atoms with E-state index in [4.69, 9.17) is 0 Å². The lowest BCUT2D eigenvalue weighted by molar-refractivity contribution is 0.0298. The Labute approximate surface area is 157 Å². The molecule has 0 aromatic heterocycles. The number of carbonyl (C=O) groups excluding carboxylic acids is 1. The van der Waals surface area contributed by atoms with E-state index in [0.29, 0.717) is 5.78 Å². The average molecular weight is 348 g/mol. The Balaban J connectivity index is 1.60. The van der Waals surface area contributed by atoms with Gasteiger partial charge in [0, 0.05) is 12.1 Å². The van der Waals surface area contributed by atoms with E-state index in [1.54, 1.807) is 0 Å². The Bertz CT molecular complexity index is 825. The Hall–Kier alpha value is -1.93. The van der Waals surface area contributed by atoms with Gasteiger partial charge in [-0.25, -0.2) is 0 Å². The topological polar surface area (TPSA) is 20.3 Å². The molecule has 1 aliphatic carbocycles. The van der Waals surface area contributed by atoms with Gasteiger partial charge in [-0.15, -0.1) is 0 Å². The molecular weight excluding hydrogens is 318 g/mol. The summed E-state index contributed by atoms with van der Waals surface area (Å²) in [6.07, 6.45) is 6.45. The van der Waals surface area contributed by atoms with Crippen molar-refractivity contribution in [3.8, 4) is 0 Å². The van der Waals surface area contributed by atoms with Crippen molar-refractivity contribution in [3.63, 3.8) is 0 Å². The molecule has 2 heteroatoms. The number of hydrogen-bond donors (Lipinski definition) is 0. The minimum Gasteiger partial charge on any atom is -0.292 e. The Kier molecular flexibility index (Phi) is 4.71. The molecule has 1 heterocycles. The molecule has 1 saturated heterocycles. The fourth-order valence-corrected chi connectivity index (χ4v) is 4.96. The summed E-state index contributed by atoms with van der Waals surface area (Å²) in [4.78, 5) is 16.1. The molecule has 136 valence electrons. The van der Waals surface area contributed by atoms with Crippen LogP contribution in [0.1, 0.15) is 58.3 Å². The standard InChI is InChI=1S/C24H29NO/c1-18-9-10-22-21(17-18)11-14-24(23(22)26)13-5-6-15-25(24)16-12-20-8-4-3-7-19(20)2/h3-4,7-10,17H,5-6,11-16H2,1-2H3. The van der Waals surface area contributed by atoms with Crippen molar-refractivity contribution in [3.05, 3.63) is 70.3 Å². The predicted molar refractivity (Wildman–Crippen MR) is 107 cm³/mol. The second-order valence-corrected chi connectivity index (χ2v) is 8.14. The van der Waals surface area contributed by atoms with Gasteiger partial charge in [0.05, 0.1) is 5.54 Å². The van der Waals surface area contributed by atoms with E-state index in [1.165, 1.54) is 35.1 Å². The number of benzene rings is 2. The van der Waals surface area contributed by atoms with Gasteiger partial charge in [-0.3, -0.25) is 9.69 Å². The molecule has 2 aromatic carbocycles. The maximum Gasteiger partial charge on any atom is 0.183 e. The summed E-state index contributed by atoms with van der Waals surface area (Å²) in [5.41, 5.74) is 5.99. The number of carbonyl (C=O) groups is 1. The molecule has 1 spiro atoms. The summed E-state index contributed by atoms with van der Waals surface area (Å²) in [6.45, 7) is 6.34. The van der Waals surface area contributed by atoms with Gasteiger partial charge in [0.2, 0.25) is 0 Å². The minimum atomic E-state index is -0.261. The van der Waals surface area contributed by atoms with Gasteiger partial charge in [0.15, 0.2) is 5.78 Å². The quantitative estimate of drug-likeness (QED) is 0.787. The largest absolute Gasteiger partial charge is 0.292 e. The van der Waals surface area contributed by atoms with Crippen LogP contribution >= 0.6 is 0 Å². The van der Waals surface area contributed by atoms with Crippen LogP contribution in [0.3, 0.4) is 0 Å². The van der Waals surface area contributed by atoms with E-state index in [0.717, 1.165) is 44.3 Å². The number of fused-ring (bicyclic) bond motifs is 1. The van der Waals surface area contributed by atoms with Gasteiger partial charge >= 0.3 is 0 Å². The van der Waals surface area contributed by atoms with Crippen LogP contribution in [0.4, 0.5) is 0 Å². The second kappa shape index (κ2) is 7.00. The number of nitrogens with zero attached hydrogens (tertiary/aromatic N) is 1. The minimum absolute atomic E-state index is 0.261. The lowest BCUT2D eigenvalue weighted by atomic mass is 9.71. The average Bonchev–Trinajstić information content (AvgIpc) is 2.65. The summed E-state index contributed by atoms with van der Waals surface area (Å²) < 4.78 is 0. The molecule has 0 saturated carbocycles. The van der Waals surface area contributed by atoms with Crippen molar-refractivity contribution in [1.82, 2.24) is 4.90 Å². The van der Waals surface area contributed by atoms with Crippen LogP contribution < -0.4 is 0 Å². The molecular formula is C24H29NO. The summed E-state index contributed by atoms with van der Waals surface area (Å²) in [7, 11) is 0. The Morgan fingerprint density at radius 2 is 1.88 bits per heavy atom. The van der Waals surface area contributed by atoms with E-state index < -0.39 is 0 Å². The van der Waals surface area contributed by atoms with Crippen molar-refractivity contribution in [2.24, 2.45) is 0 Å². The first-order valence-corrected chi connectivity index (χ1v) is 10.0. The Morgan fingerprint density at radius 3 is 2.73 bits per heavy atom. The third kappa shape index (κ3) is 3.01. The zero-order valence-corrected chi connectivity index (χ0v) is 16.1. The zero-order chi connectivity index (χ0) is 18.1. The van der Waals surface area contributed by atoms with Gasteiger partial charge in [0.1, 0.15) is 0 Å². The summed E-state index contributed by atoms with van der Waals surface area (Å²) in [5, 5.41) is 0. The van der Waals surface area contributed by atoms with Crippen molar-refractivity contribution < 1.29 is 4.79 Å². The van der Waals surface area contributed by atoms with Crippen LogP contribution in [0, 0.1) is 13.8 Å². The van der Waals surface area contributed by atoms with Crippen molar-refractivity contribution in [2.75, 3.05) is 13.1 Å². The summed E-state index contributed by atoms with van der Waals surface area (Å²) in [5.74, 6) is 0.378. The Morgan fingerprint density at radius 1 is 1.04 bits per heavy atom. The lowest BCUT2D eigenvalue weighted by Crippen LogP contribution is -2.59. The fourth-order valence-electron chi connectivity index (χ4n) is 4.96. The molecule has 2 nitrogen and oxygen atoms in total. The van der Waals surface area contributed by atoms with Gasteiger partial charge in [-0.1, -0.05) is 48.0 Å². The van der Waals surface area contributed by atoms with Gasteiger partial charge in [0.25, 0.3) is 0 Å². The highest BCUT2D eigenvalue weighted by Crippen LogP contribution is 2.40. The number of ketones is 1. The summed E-state index contributed by atoms with van der Waals surface area (Å²) >= 11 is 0. The van der Waals surface area contributed by atoms with Crippen LogP contribution in [0.25, 0.3) is 0 Å². The number of aryl methyl sites for hydroxylation is 3. The molecule has 1 unspecified atom stereocenters. The number of likely N-dealkylation sites (tertiary alicyclic amines) is 1. The molecule has 0 radical (unpaired) electrons. The SMILES string of the molecule is Cc1ccc2c(c1)CCC1(CCCCN1CCc1ccccc1C)C2=O. The van der Waals surface area contributed by atoms with Crippen LogP contribution in [0.2, 0.25) is 0 Å². The predicted octanol–water partition coefficient (Wildman–Crippen LogP) is 4.90. The van der Waals surface area contributed by atoms with Gasteiger partial charge < -0.3 is 0 Å². The fraction of sp³-hybridized carbons (Fsp3) is 0.458. The lowest BCUT2D eigenvalue weighted by Gasteiger charge is -2.48. The third-order valence-corrected chi connectivity index (χ3v) is 6.52. The highest BCUT2D eigenvalue weighted by atomic mass is 16.1. The molecule has 0 bridgehead atoms. The molecule has 1 fully saturated rings. The van der Waals surface area contributed by atoms with Crippen LogP contribution in [-0.4, -0.2) is 29.3 Å². The normalized spacial score (nSPS) is 23.2. The van der Waals surface area contributed by atoms with Crippen molar-refractivity contribution >= 4 is 5.78 Å². The van der Waals surface area contributed by atoms with Gasteiger partial charge in [-0.2, -0.15) is 0 Å². The second-order valence-electron chi connectivity index (χ2n) is 8.14. The van der Waals surface area contributed by atoms with E-state index >= 15 is 0 Å². The van der Waals surface area contributed by atoms with E-state index in [9.17, 15) is 4.79 Å². The highest BCUT2D eigenvalue weighted by Gasteiger charge is 2.47. The number of hydrogen-bond acceptors (Lipinski definition) is 2. The molecule has 2 aliphatic rings. The van der Waals surface area contributed by atoms with Crippen LogP contribution in [-0.2, 0) is 12.8 Å². The van der Waals surface area contributed by atoms with Gasteiger partial charge in [-0.05, 0) is 75.6 Å². The molecule has 26 heavy (non-hydrogen) atoms.